The van der Waals surface area contributed by atoms with E-state index in [1.807, 2.05) is 6.92 Å². The minimum absolute atomic E-state index is 0.0859. The maximum Gasteiger partial charge on any atom is 0.223 e. The van der Waals surface area contributed by atoms with Crippen LogP contribution in [0.1, 0.15) is 38.3 Å². The van der Waals surface area contributed by atoms with Gasteiger partial charge >= 0.3 is 0 Å². The molecule has 0 bridgehead atoms. The highest BCUT2D eigenvalue weighted by Crippen LogP contribution is 2.23. The second-order valence-corrected chi connectivity index (χ2v) is 6.96. The fraction of sp³-hybridized carbons (Fsp3) is 0.722. The Kier molecular flexibility index (Phi) is 6.15. The second-order valence-electron chi connectivity index (χ2n) is 6.96. The molecule has 1 unspecified atom stereocenters. The molecule has 3 rings (SSSR count). The van der Waals surface area contributed by atoms with E-state index >= 15 is 0 Å². The first-order valence-corrected chi connectivity index (χ1v) is 9.09. The SMILES string of the molecule is CC(Cc1cnccn1)NC(=O)C1CCN(C2CCOCC2)CC1. The van der Waals surface area contributed by atoms with Gasteiger partial charge < -0.3 is 15.0 Å². The Bertz CT molecular complexity index is 511. The molecule has 1 aromatic rings. The molecule has 6 heteroatoms. The lowest BCUT2D eigenvalue weighted by atomic mass is 9.93. The van der Waals surface area contributed by atoms with Crippen molar-refractivity contribution < 1.29 is 9.53 Å². The molecule has 1 atom stereocenters. The Balaban J connectivity index is 1.41. The number of nitrogens with one attached hydrogen (secondary N) is 1. The molecule has 2 fully saturated rings. The molecule has 0 radical (unpaired) electrons. The van der Waals surface area contributed by atoms with E-state index < -0.39 is 0 Å². The van der Waals surface area contributed by atoms with Crippen molar-refractivity contribution in [3.63, 3.8) is 0 Å². The lowest BCUT2D eigenvalue weighted by Crippen LogP contribution is -2.47. The number of amides is 1. The summed E-state index contributed by atoms with van der Waals surface area (Å²) in [5.74, 6) is 0.336. The Hall–Kier alpha value is -1.53. The number of aromatic nitrogens is 2. The normalized spacial score (nSPS) is 22.2. The van der Waals surface area contributed by atoms with Crippen LogP contribution >= 0.6 is 0 Å². The second kappa shape index (κ2) is 8.53. The predicted molar refractivity (Wildman–Crippen MR) is 91.5 cm³/mol. The zero-order chi connectivity index (χ0) is 16.8. The molecule has 0 aliphatic carbocycles. The van der Waals surface area contributed by atoms with E-state index in [2.05, 4.69) is 20.2 Å². The van der Waals surface area contributed by atoms with Crippen molar-refractivity contribution in [1.82, 2.24) is 20.2 Å². The summed E-state index contributed by atoms with van der Waals surface area (Å²) in [6.45, 7) is 5.85. The molecule has 1 amide bonds. The molecular formula is C18H28N4O2. The average molecular weight is 332 g/mol. The van der Waals surface area contributed by atoms with Gasteiger partial charge in [-0.2, -0.15) is 0 Å². The smallest absolute Gasteiger partial charge is 0.223 e. The van der Waals surface area contributed by atoms with Crippen molar-refractivity contribution in [3.05, 3.63) is 24.3 Å². The molecule has 0 saturated carbocycles. The van der Waals surface area contributed by atoms with Gasteiger partial charge in [0.25, 0.3) is 0 Å². The first kappa shape index (κ1) is 17.3. The van der Waals surface area contributed by atoms with Crippen LogP contribution in [0.15, 0.2) is 18.6 Å². The zero-order valence-corrected chi connectivity index (χ0v) is 14.5. The van der Waals surface area contributed by atoms with Crippen LogP contribution in [0.25, 0.3) is 0 Å². The van der Waals surface area contributed by atoms with Gasteiger partial charge in [-0.3, -0.25) is 14.8 Å². The predicted octanol–water partition coefficient (Wildman–Crippen LogP) is 1.41. The summed E-state index contributed by atoms with van der Waals surface area (Å²) in [5, 5.41) is 3.15. The molecule has 3 heterocycles. The van der Waals surface area contributed by atoms with Crippen molar-refractivity contribution in [1.29, 1.82) is 0 Å². The summed E-state index contributed by atoms with van der Waals surface area (Å²) in [6.07, 6.45) is 10.0. The van der Waals surface area contributed by atoms with Crippen LogP contribution < -0.4 is 5.32 Å². The highest BCUT2D eigenvalue weighted by atomic mass is 16.5. The van der Waals surface area contributed by atoms with Crippen LogP contribution in [0, 0.1) is 5.92 Å². The van der Waals surface area contributed by atoms with Crippen molar-refractivity contribution in [2.75, 3.05) is 26.3 Å². The molecular weight excluding hydrogens is 304 g/mol. The van der Waals surface area contributed by atoms with Gasteiger partial charge in [0.2, 0.25) is 5.91 Å². The topological polar surface area (TPSA) is 67.4 Å². The lowest BCUT2D eigenvalue weighted by molar-refractivity contribution is -0.127. The summed E-state index contributed by atoms with van der Waals surface area (Å²) in [4.78, 5) is 23.4. The van der Waals surface area contributed by atoms with Gasteiger partial charge in [0, 0.05) is 56.2 Å². The van der Waals surface area contributed by atoms with Gasteiger partial charge in [-0.05, 0) is 45.7 Å². The van der Waals surface area contributed by atoms with Gasteiger partial charge in [0.15, 0.2) is 0 Å². The quantitative estimate of drug-likeness (QED) is 0.883. The molecule has 2 aliphatic rings. The molecule has 24 heavy (non-hydrogen) atoms. The van der Waals surface area contributed by atoms with Crippen molar-refractivity contribution >= 4 is 5.91 Å². The van der Waals surface area contributed by atoms with E-state index in [0.717, 1.165) is 64.1 Å². The fourth-order valence-corrected chi connectivity index (χ4v) is 3.74. The van der Waals surface area contributed by atoms with Gasteiger partial charge in [0.1, 0.15) is 0 Å². The maximum absolute atomic E-state index is 12.5. The Labute approximate surface area is 144 Å². The van der Waals surface area contributed by atoms with E-state index in [1.54, 1.807) is 18.6 Å². The number of piperidine rings is 1. The van der Waals surface area contributed by atoms with Crippen molar-refractivity contribution in [2.24, 2.45) is 5.92 Å². The maximum atomic E-state index is 12.5. The summed E-state index contributed by atoms with van der Waals surface area (Å²) in [5.41, 5.74) is 0.916. The number of carbonyl (C=O) groups is 1. The van der Waals surface area contributed by atoms with Crippen molar-refractivity contribution in [3.8, 4) is 0 Å². The van der Waals surface area contributed by atoms with E-state index in [9.17, 15) is 4.79 Å². The Morgan fingerprint density at radius 3 is 2.71 bits per heavy atom. The number of hydrogen-bond donors (Lipinski definition) is 1. The van der Waals surface area contributed by atoms with E-state index in [-0.39, 0.29) is 17.9 Å². The molecule has 132 valence electrons. The number of ether oxygens (including phenoxy) is 1. The zero-order valence-electron chi connectivity index (χ0n) is 14.5. The number of carbonyl (C=O) groups excluding carboxylic acids is 1. The van der Waals surface area contributed by atoms with Gasteiger partial charge in [-0.1, -0.05) is 0 Å². The lowest BCUT2D eigenvalue weighted by Gasteiger charge is -2.39. The molecule has 2 aliphatic heterocycles. The summed E-state index contributed by atoms with van der Waals surface area (Å²) in [7, 11) is 0. The van der Waals surface area contributed by atoms with Crippen molar-refractivity contribution in [2.45, 2.75) is 51.1 Å². The molecule has 6 nitrogen and oxygen atoms in total. The standard InChI is InChI=1S/C18H28N4O2/c1-14(12-16-13-19-6-7-20-16)21-18(23)15-2-8-22(9-3-15)17-4-10-24-11-5-17/h6-7,13-15,17H,2-5,8-12H2,1H3,(H,21,23). The highest BCUT2D eigenvalue weighted by molar-refractivity contribution is 5.79. The van der Waals surface area contributed by atoms with Crippen LogP contribution in [-0.2, 0) is 16.0 Å². The number of rotatable bonds is 5. The first-order chi connectivity index (χ1) is 11.7. The first-order valence-electron chi connectivity index (χ1n) is 9.09. The molecule has 0 aromatic carbocycles. The van der Waals surface area contributed by atoms with Gasteiger partial charge in [0.05, 0.1) is 5.69 Å². The van der Waals surface area contributed by atoms with Crippen LogP contribution in [0.5, 0.6) is 0 Å². The van der Waals surface area contributed by atoms with E-state index in [1.165, 1.54) is 0 Å². The largest absolute Gasteiger partial charge is 0.381 e. The third-order valence-corrected chi connectivity index (χ3v) is 5.13. The van der Waals surface area contributed by atoms with Gasteiger partial charge in [-0.25, -0.2) is 0 Å². The number of hydrogen-bond acceptors (Lipinski definition) is 5. The van der Waals surface area contributed by atoms with Crippen LogP contribution in [0.2, 0.25) is 0 Å². The summed E-state index contributed by atoms with van der Waals surface area (Å²) >= 11 is 0. The molecule has 1 N–H and O–H groups in total. The molecule has 0 spiro atoms. The van der Waals surface area contributed by atoms with Crippen LogP contribution in [-0.4, -0.2) is 59.2 Å². The fourth-order valence-electron chi connectivity index (χ4n) is 3.74. The van der Waals surface area contributed by atoms with Crippen LogP contribution in [0.3, 0.4) is 0 Å². The summed E-state index contributed by atoms with van der Waals surface area (Å²) in [6, 6.07) is 0.737. The third kappa shape index (κ3) is 4.74. The van der Waals surface area contributed by atoms with Crippen LogP contribution in [0.4, 0.5) is 0 Å². The third-order valence-electron chi connectivity index (χ3n) is 5.13. The van der Waals surface area contributed by atoms with Gasteiger partial charge in [-0.15, -0.1) is 0 Å². The molecule has 1 aromatic heterocycles. The Morgan fingerprint density at radius 2 is 2.04 bits per heavy atom. The highest BCUT2D eigenvalue weighted by Gasteiger charge is 2.29. The summed E-state index contributed by atoms with van der Waals surface area (Å²) < 4.78 is 5.44. The monoisotopic (exact) mass is 332 g/mol. The average Bonchev–Trinajstić information content (AvgIpc) is 2.63. The van der Waals surface area contributed by atoms with E-state index in [4.69, 9.17) is 4.74 Å². The number of nitrogens with zero attached hydrogens (tertiary/aromatic N) is 3. The van der Waals surface area contributed by atoms with E-state index in [0.29, 0.717) is 6.04 Å². The molecule has 2 saturated heterocycles. The Morgan fingerprint density at radius 1 is 1.29 bits per heavy atom. The number of likely N-dealkylation sites (tertiary alicyclic amines) is 1. The minimum Gasteiger partial charge on any atom is -0.381 e. The minimum atomic E-state index is 0.0859.